The third kappa shape index (κ3) is 3.40. The molecule has 3 heterocycles. The van der Waals surface area contributed by atoms with Crippen LogP contribution in [0.4, 0.5) is 0 Å². The maximum absolute atomic E-state index is 5.99. The predicted molar refractivity (Wildman–Crippen MR) is 80.5 cm³/mol. The first-order valence-corrected chi connectivity index (χ1v) is 7.90. The molecule has 5 nitrogen and oxygen atoms in total. The molecule has 2 fully saturated rings. The van der Waals surface area contributed by atoms with Crippen LogP contribution in [0.25, 0.3) is 0 Å². The topological polar surface area (TPSA) is 50.3 Å². The van der Waals surface area contributed by atoms with Gasteiger partial charge in [0.25, 0.3) is 0 Å². The van der Waals surface area contributed by atoms with Crippen LogP contribution >= 0.6 is 0 Å². The minimum absolute atomic E-state index is 0.439. The molecule has 2 saturated heterocycles. The zero-order valence-electron chi connectivity index (χ0n) is 12.5. The molecule has 0 bridgehead atoms. The number of hydrogen-bond acceptors (Lipinski definition) is 4. The minimum atomic E-state index is 0.439. The molecular formula is C15H27N5. The third-order valence-electron chi connectivity index (χ3n) is 4.81. The fourth-order valence-electron chi connectivity index (χ4n) is 3.49. The van der Waals surface area contributed by atoms with E-state index in [0.29, 0.717) is 6.04 Å². The van der Waals surface area contributed by atoms with E-state index in [-0.39, 0.29) is 0 Å². The summed E-state index contributed by atoms with van der Waals surface area (Å²) in [5, 5.41) is 4.24. The Morgan fingerprint density at radius 2 is 2.05 bits per heavy atom. The lowest BCUT2D eigenvalue weighted by Crippen LogP contribution is -2.46. The molecule has 0 spiro atoms. The van der Waals surface area contributed by atoms with Gasteiger partial charge in [-0.2, -0.15) is 5.10 Å². The van der Waals surface area contributed by atoms with Crippen molar-refractivity contribution in [2.45, 2.75) is 37.8 Å². The number of nitrogens with two attached hydrogens (primary N) is 1. The van der Waals surface area contributed by atoms with Crippen LogP contribution in [0.5, 0.6) is 0 Å². The Bertz CT molecular complexity index is 422. The average molecular weight is 277 g/mol. The van der Waals surface area contributed by atoms with E-state index >= 15 is 0 Å². The van der Waals surface area contributed by atoms with Crippen molar-refractivity contribution in [1.29, 1.82) is 0 Å². The zero-order valence-corrected chi connectivity index (χ0v) is 12.5. The van der Waals surface area contributed by atoms with Gasteiger partial charge in [0.1, 0.15) is 0 Å². The lowest BCUT2D eigenvalue weighted by atomic mass is 10.0. The monoisotopic (exact) mass is 277 g/mol. The highest BCUT2D eigenvalue weighted by atomic mass is 15.3. The zero-order chi connectivity index (χ0) is 13.9. The number of rotatable bonds is 4. The molecule has 0 saturated carbocycles. The fourth-order valence-corrected chi connectivity index (χ4v) is 3.49. The number of piperidine rings is 1. The van der Waals surface area contributed by atoms with Crippen LogP contribution in [0, 0.1) is 0 Å². The summed E-state index contributed by atoms with van der Waals surface area (Å²) in [6.45, 7) is 6.03. The maximum Gasteiger partial charge on any atom is 0.0522 e. The quantitative estimate of drug-likeness (QED) is 0.869. The number of hydrogen-bond donors (Lipinski definition) is 1. The molecule has 0 aliphatic carbocycles. The largest absolute Gasteiger partial charge is 0.328 e. The van der Waals surface area contributed by atoms with Gasteiger partial charge in [0.2, 0.25) is 0 Å². The maximum atomic E-state index is 5.99. The Kier molecular flexibility index (Phi) is 4.38. The standard InChI is InChI=1S/C15H27N5/c1-18-11-13(10-17-18)2-6-19-7-5-15(12-19)20-8-3-14(16)4-9-20/h10-11,14-15H,2-9,12,16H2,1H3. The van der Waals surface area contributed by atoms with Crippen LogP contribution in [0.3, 0.4) is 0 Å². The summed E-state index contributed by atoms with van der Waals surface area (Å²) in [7, 11) is 1.98. The van der Waals surface area contributed by atoms with Crippen LogP contribution in [0.2, 0.25) is 0 Å². The van der Waals surface area contributed by atoms with Gasteiger partial charge in [-0.15, -0.1) is 0 Å². The highest BCUT2D eigenvalue weighted by molar-refractivity contribution is 5.04. The van der Waals surface area contributed by atoms with Gasteiger partial charge in [0.05, 0.1) is 6.20 Å². The molecule has 0 aromatic carbocycles. The second-order valence-corrected chi connectivity index (χ2v) is 6.39. The van der Waals surface area contributed by atoms with Crippen LogP contribution < -0.4 is 5.73 Å². The molecule has 1 atom stereocenters. The van der Waals surface area contributed by atoms with Crippen molar-refractivity contribution in [3.8, 4) is 0 Å². The Labute approximate surface area is 121 Å². The first-order chi connectivity index (χ1) is 9.70. The molecule has 2 aliphatic rings. The van der Waals surface area contributed by atoms with Crippen LogP contribution in [0.1, 0.15) is 24.8 Å². The van der Waals surface area contributed by atoms with E-state index in [9.17, 15) is 0 Å². The van der Waals surface area contributed by atoms with Crippen molar-refractivity contribution in [3.05, 3.63) is 18.0 Å². The summed E-state index contributed by atoms with van der Waals surface area (Å²) >= 11 is 0. The van der Waals surface area contributed by atoms with Crippen molar-refractivity contribution in [3.63, 3.8) is 0 Å². The molecule has 20 heavy (non-hydrogen) atoms. The van der Waals surface area contributed by atoms with Crippen LogP contribution in [0.15, 0.2) is 12.4 Å². The lowest BCUT2D eigenvalue weighted by molar-refractivity contribution is 0.152. The molecule has 112 valence electrons. The predicted octanol–water partition coefficient (Wildman–Crippen LogP) is 0.460. The number of aromatic nitrogens is 2. The van der Waals surface area contributed by atoms with Crippen molar-refractivity contribution >= 4 is 0 Å². The van der Waals surface area contributed by atoms with Gasteiger partial charge in [-0.05, 0) is 50.9 Å². The molecular weight excluding hydrogens is 250 g/mol. The summed E-state index contributed by atoms with van der Waals surface area (Å²) in [6.07, 6.45) is 8.89. The first kappa shape index (κ1) is 14.0. The van der Waals surface area contributed by atoms with Gasteiger partial charge in [0.15, 0.2) is 0 Å². The minimum Gasteiger partial charge on any atom is -0.328 e. The second kappa shape index (κ2) is 6.24. The van der Waals surface area contributed by atoms with Gasteiger partial charge < -0.3 is 10.6 Å². The molecule has 0 amide bonds. The van der Waals surface area contributed by atoms with E-state index in [0.717, 1.165) is 19.0 Å². The van der Waals surface area contributed by atoms with E-state index < -0.39 is 0 Å². The highest BCUT2D eigenvalue weighted by Crippen LogP contribution is 2.20. The van der Waals surface area contributed by atoms with Gasteiger partial charge >= 0.3 is 0 Å². The number of nitrogens with zero attached hydrogens (tertiary/aromatic N) is 4. The Hall–Kier alpha value is -0.910. The first-order valence-electron chi connectivity index (χ1n) is 7.90. The normalized spacial score (nSPS) is 26.4. The SMILES string of the molecule is Cn1cc(CCN2CCC(N3CCC(N)CC3)C2)cn1. The fraction of sp³-hybridized carbons (Fsp3) is 0.800. The molecule has 1 aromatic heterocycles. The summed E-state index contributed by atoms with van der Waals surface area (Å²) in [5.41, 5.74) is 7.34. The molecule has 1 unspecified atom stereocenters. The number of likely N-dealkylation sites (tertiary alicyclic amines) is 2. The molecule has 2 aliphatic heterocycles. The average Bonchev–Trinajstić information content (AvgIpc) is 3.06. The summed E-state index contributed by atoms with van der Waals surface area (Å²) in [5.74, 6) is 0. The highest BCUT2D eigenvalue weighted by Gasteiger charge is 2.29. The van der Waals surface area contributed by atoms with E-state index in [2.05, 4.69) is 21.1 Å². The molecule has 1 aromatic rings. The Balaban J connectivity index is 1.42. The van der Waals surface area contributed by atoms with Crippen LogP contribution in [-0.4, -0.2) is 64.4 Å². The van der Waals surface area contributed by atoms with E-state index in [1.165, 1.54) is 51.0 Å². The van der Waals surface area contributed by atoms with Gasteiger partial charge in [-0.3, -0.25) is 9.58 Å². The summed E-state index contributed by atoms with van der Waals surface area (Å²) in [4.78, 5) is 5.26. The van der Waals surface area contributed by atoms with Crippen molar-refractivity contribution in [2.24, 2.45) is 12.8 Å². The third-order valence-corrected chi connectivity index (χ3v) is 4.81. The van der Waals surface area contributed by atoms with Gasteiger partial charge in [0, 0.05) is 38.4 Å². The Morgan fingerprint density at radius 3 is 2.75 bits per heavy atom. The smallest absolute Gasteiger partial charge is 0.0522 e. The molecule has 2 N–H and O–H groups in total. The van der Waals surface area contributed by atoms with Crippen molar-refractivity contribution in [1.82, 2.24) is 19.6 Å². The molecule has 0 radical (unpaired) electrons. The summed E-state index contributed by atoms with van der Waals surface area (Å²) in [6, 6.07) is 1.20. The van der Waals surface area contributed by atoms with Gasteiger partial charge in [-0.1, -0.05) is 0 Å². The molecule has 3 rings (SSSR count). The summed E-state index contributed by atoms with van der Waals surface area (Å²) < 4.78 is 1.89. The second-order valence-electron chi connectivity index (χ2n) is 6.39. The molecule has 5 heteroatoms. The van der Waals surface area contributed by atoms with E-state index in [1.54, 1.807) is 0 Å². The van der Waals surface area contributed by atoms with Crippen LogP contribution in [-0.2, 0) is 13.5 Å². The van der Waals surface area contributed by atoms with Gasteiger partial charge in [-0.25, -0.2) is 0 Å². The van der Waals surface area contributed by atoms with Crippen molar-refractivity contribution in [2.75, 3.05) is 32.7 Å². The van der Waals surface area contributed by atoms with Crippen molar-refractivity contribution < 1.29 is 0 Å². The van der Waals surface area contributed by atoms with E-state index in [1.807, 2.05) is 17.9 Å². The van der Waals surface area contributed by atoms with E-state index in [4.69, 9.17) is 5.73 Å². The number of aryl methyl sites for hydroxylation is 1. The lowest BCUT2D eigenvalue weighted by Gasteiger charge is -2.34. The Morgan fingerprint density at radius 1 is 1.25 bits per heavy atom.